The van der Waals surface area contributed by atoms with E-state index in [1.165, 1.54) is 24.0 Å². The molecular formula is C25H25ClN2O4S. The number of rotatable bonds is 5. The zero-order chi connectivity index (χ0) is 23.0. The van der Waals surface area contributed by atoms with Crippen molar-refractivity contribution in [2.24, 2.45) is 0 Å². The SMILES string of the molecule is O=C(c1cc(-c2ccc3c(c2)CCCC3)on1)N(Cc1ccccc1Cl)C1CCS(=O)(=O)C1. The number of amides is 1. The first-order valence-electron chi connectivity index (χ1n) is 11.2. The molecular weight excluding hydrogens is 460 g/mol. The van der Waals surface area contributed by atoms with Crippen LogP contribution in [0.15, 0.2) is 53.1 Å². The summed E-state index contributed by atoms with van der Waals surface area (Å²) in [4.78, 5) is 15.1. The third-order valence-electron chi connectivity index (χ3n) is 6.57. The van der Waals surface area contributed by atoms with Crippen molar-refractivity contribution in [1.82, 2.24) is 10.1 Å². The van der Waals surface area contributed by atoms with Gasteiger partial charge in [0.2, 0.25) is 0 Å². The highest BCUT2D eigenvalue weighted by Gasteiger charge is 2.36. The molecule has 1 aromatic heterocycles. The molecule has 3 aromatic rings. The van der Waals surface area contributed by atoms with E-state index in [-0.39, 0.29) is 29.7 Å². The summed E-state index contributed by atoms with van der Waals surface area (Å²) >= 11 is 6.33. The van der Waals surface area contributed by atoms with Crippen molar-refractivity contribution in [2.45, 2.75) is 44.7 Å². The van der Waals surface area contributed by atoms with Crippen molar-refractivity contribution in [3.63, 3.8) is 0 Å². The van der Waals surface area contributed by atoms with Crippen molar-refractivity contribution in [1.29, 1.82) is 0 Å². The molecule has 0 N–H and O–H groups in total. The van der Waals surface area contributed by atoms with E-state index in [1.54, 1.807) is 17.0 Å². The van der Waals surface area contributed by atoms with Crippen LogP contribution in [-0.4, -0.2) is 41.9 Å². The summed E-state index contributed by atoms with van der Waals surface area (Å²) in [7, 11) is -3.18. The van der Waals surface area contributed by atoms with Gasteiger partial charge >= 0.3 is 0 Å². The Morgan fingerprint density at radius 3 is 2.64 bits per heavy atom. The minimum atomic E-state index is -3.18. The van der Waals surface area contributed by atoms with Crippen molar-refractivity contribution in [3.8, 4) is 11.3 Å². The van der Waals surface area contributed by atoms with Crippen LogP contribution in [0, 0.1) is 0 Å². The Kier molecular flexibility index (Phi) is 6.01. The van der Waals surface area contributed by atoms with Gasteiger partial charge in [0.1, 0.15) is 0 Å². The molecule has 1 fully saturated rings. The van der Waals surface area contributed by atoms with Gasteiger partial charge in [-0.3, -0.25) is 4.79 Å². The number of hydrogen-bond acceptors (Lipinski definition) is 5. The highest BCUT2D eigenvalue weighted by atomic mass is 35.5. The smallest absolute Gasteiger partial charge is 0.276 e. The number of carbonyl (C=O) groups is 1. The second-order valence-electron chi connectivity index (χ2n) is 8.85. The maximum Gasteiger partial charge on any atom is 0.276 e. The van der Waals surface area contributed by atoms with Gasteiger partial charge in [-0.1, -0.05) is 47.1 Å². The average Bonchev–Trinajstić information content (AvgIpc) is 3.44. The highest BCUT2D eigenvalue weighted by Crippen LogP contribution is 2.29. The summed E-state index contributed by atoms with van der Waals surface area (Å²) in [6.07, 6.45) is 4.93. The number of carbonyl (C=O) groups excluding carboxylic acids is 1. The summed E-state index contributed by atoms with van der Waals surface area (Å²) in [5, 5.41) is 4.58. The fraction of sp³-hybridized carbons (Fsp3) is 0.360. The molecule has 5 rings (SSSR count). The van der Waals surface area contributed by atoms with E-state index in [0.29, 0.717) is 17.2 Å². The van der Waals surface area contributed by atoms with Gasteiger partial charge < -0.3 is 9.42 Å². The number of fused-ring (bicyclic) bond motifs is 1. The van der Waals surface area contributed by atoms with E-state index in [4.69, 9.17) is 16.1 Å². The summed E-state index contributed by atoms with van der Waals surface area (Å²) in [5.74, 6) is 0.190. The van der Waals surface area contributed by atoms with Gasteiger partial charge in [-0.05, 0) is 60.9 Å². The molecule has 1 aliphatic carbocycles. The molecule has 2 heterocycles. The van der Waals surface area contributed by atoms with Crippen LogP contribution >= 0.6 is 11.6 Å². The Morgan fingerprint density at radius 1 is 1.09 bits per heavy atom. The van der Waals surface area contributed by atoms with Crippen molar-refractivity contribution in [3.05, 3.63) is 75.9 Å². The molecule has 33 heavy (non-hydrogen) atoms. The first-order chi connectivity index (χ1) is 15.9. The van der Waals surface area contributed by atoms with E-state index in [2.05, 4.69) is 17.3 Å². The number of sulfone groups is 1. The second kappa shape index (κ2) is 8.95. The zero-order valence-corrected chi connectivity index (χ0v) is 19.7. The van der Waals surface area contributed by atoms with Gasteiger partial charge in [0.15, 0.2) is 21.3 Å². The Balaban J connectivity index is 1.43. The quantitative estimate of drug-likeness (QED) is 0.524. The highest BCUT2D eigenvalue weighted by molar-refractivity contribution is 7.91. The molecule has 8 heteroatoms. The summed E-state index contributed by atoms with van der Waals surface area (Å²) < 4.78 is 29.8. The Bertz CT molecular complexity index is 1300. The Labute approximate surface area is 198 Å². The molecule has 1 atom stereocenters. The van der Waals surface area contributed by atoms with E-state index < -0.39 is 15.9 Å². The molecule has 0 spiro atoms. The van der Waals surface area contributed by atoms with Crippen LogP contribution in [0.25, 0.3) is 11.3 Å². The van der Waals surface area contributed by atoms with Crippen LogP contribution in [0.2, 0.25) is 5.02 Å². The lowest BCUT2D eigenvalue weighted by atomic mass is 9.90. The van der Waals surface area contributed by atoms with Crippen LogP contribution in [0.3, 0.4) is 0 Å². The predicted octanol–water partition coefficient (Wildman–Crippen LogP) is 4.70. The van der Waals surface area contributed by atoms with Crippen molar-refractivity contribution >= 4 is 27.3 Å². The Hall–Kier alpha value is -2.64. The fourth-order valence-electron chi connectivity index (χ4n) is 4.74. The predicted molar refractivity (Wildman–Crippen MR) is 127 cm³/mol. The second-order valence-corrected chi connectivity index (χ2v) is 11.5. The van der Waals surface area contributed by atoms with Gasteiger partial charge in [-0.25, -0.2) is 8.42 Å². The lowest BCUT2D eigenvalue weighted by Crippen LogP contribution is -2.40. The molecule has 6 nitrogen and oxygen atoms in total. The standard InChI is InChI=1S/C25H25ClN2O4S/c26-22-8-4-3-7-20(22)15-28(21-11-12-33(30,31)16-21)25(29)23-14-24(32-27-23)19-10-9-17-5-1-2-6-18(17)13-19/h3-4,7-10,13-14,21H,1-2,5-6,11-12,15-16H2. The summed E-state index contributed by atoms with van der Waals surface area (Å²) in [5.41, 5.74) is 4.51. The topological polar surface area (TPSA) is 80.5 Å². The van der Waals surface area contributed by atoms with E-state index in [1.807, 2.05) is 24.3 Å². The van der Waals surface area contributed by atoms with Gasteiger partial charge in [0.25, 0.3) is 5.91 Å². The zero-order valence-electron chi connectivity index (χ0n) is 18.2. The molecule has 1 amide bonds. The molecule has 1 unspecified atom stereocenters. The molecule has 0 saturated carbocycles. The molecule has 0 radical (unpaired) electrons. The average molecular weight is 485 g/mol. The molecule has 1 aliphatic heterocycles. The number of nitrogens with zero attached hydrogens (tertiary/aromatic N) is 2. The number of aryl methyl sites for hydroxylation is 2. The Morgan fingerprint density at radius 2 is 1.88 bits per heavy atom. The van der Waals surface area contributed by atoms with E-state index >= 15 is 0 Å². The van der Waals surface area contributed by atoms with Gasteiger partial charge in [0, 0.05) is 29.2 Å². The number of benzene rings is 2. The van der Waals surface area contributed by atoms with Crippen LogP contribution in [-0.2, 0) is 29.2 Å². The van der Waals surface area contributed by atoms with Crippen LogP contribution in [0.5, 0.6) is 0 Å². The monoisotopic (exact) mass is 484 g/mol. The van der Waals surface area contributed by atoms with Gasteiger partial charge in [0.05, 0.1) is 11.5 Å². The van der Waals surface area contributed by atoms with Crippen LogP contribution < -0.4 is 0 Å². The maximum absolute atomic E-state index is 13.5. The third kappa shape index (κ3) is 4.70. The van der Waals surface area contributed by atoms with Crippen molar-refractivity contribution in [2.75, 3.05) is 11.5 Å². The third-order valence-corrected chi connectivity index (χ3v) is 8.69. The van der Waals surface area contributed by atoms with Crippen molar-refractivity contribution < 1.29 is 17.7 Å². The fourth-order valence-corrected chi connectivity index (χ4v) is 6.67. The first-order valence-corrected chi connectivity index (χ1v) is 13.4. The molecule has 2 aromatic carbocycles. The first kappa shape index (κ1) is 22.2. The molecule has 2 aliphatic rings. The molecule has 0 bridgehead atoms. The number of aromatic nitrogens is 1. The summed E-state index contributed by atoms with van der Waals surface area (Å²) in [6.45, 7) is 0.208. The van der Waals surface area contributed by atoms with E-state index in [9.17, 15) is 13.2 Å². The lowest BCUT2D eigenvalue weighted by molar-refractivity contribution is 0.0670. The largest absolute Gasteiger partial charge is 0.355 e. The minimum absolute atomic E-state index is 0.0568. The normalized spacial score (nSPS) is 19.2. The number of halogens is 1. The summed E-state index contributed by atoms with van der Waals surface area (Å²) in [6, 6.07) is 14.7. The number of hydrogen-bond donors (Lipinski definition) is 0. The molecule has 1 saturated heterocycles. The maximum atomic E-state index is 13.5. The van der Waals surface area contributed by atoms with Crippen LogP contribution in [0.4, 0.5) is 0 Å². The molecule has 172 valence electrons. The van der Waals surface area contributed by atoms with Gasteiger partial charge in [-0.15, -0.1) is 0 Å². The lowest BCUT2D eigenvalue weighted by Gasteiger charge is -2.28. The minimum Gasteiger partial charge on any atom is -0.355 e. The van der Waals surface area contributed by atoms with Crippen LogP contribution in [0.1, 0.15) is 46.4 Å². The van der Waals surface area contributed by atoms with Gasteiger partial charge in [-0.2, -0.15) is 0 Å². The van der Waals surface area contributed by atoms with E-state index in [0.717, 1.165) is 24.0 Å².